The number of carbonyl (C=O) groups excluding carboxylic acids is 1. The molecular weight excluding hydrogens is 530 g/mol. The molecule has 4 heterocycles. The van der Waals surface area contributed by atoms with Crippen LogP contribution in [0.25, 0.3) is 11.4 Å². The summed E-state index contributed by atoms with van der Waals surface area (Å²) in [6.07, 6.45) is -2.60. The number of aromatic nitrogens is 3. The van der Waals surface area contributed by atoms with Gasteiger partial charge in [-0.25, -0.2) is 19.2 Å². The van der Waals surface area contributed by atoms with Gasteiger partial charge in [0.1, 0.15) is 23.3 Å². The van der Waals surface area contributed by atoms with E-state index in [2.05, 4.69) is 25.6 Å². The maximum atomic E-state index is 15.0. The summed E-state index contributed by atoms with van der Waals surface area (Å²) >= 11 is 14.4. The van der Waals surface area contributed by atoms with E-state index in [1.165, 1.54) is 11.3 Å². The molecule has 1 aliphatic heterocycles. The minimum absolute atomic E-state index is 0.0509. The number of H-pyrrole nitrogens is 1. The summed E-state index contributed by atoms with van der Waals surface area (Å²) in [6.45, 7) is 2.00. The van der Waals surface area contributed by atoms with Crippen molar-refractivity contribution in [1.29, 1.82) is 0 Å². The van der Waals surface area contributed by atoms with Gasteiger partial charge in [-0.05, 0) is 13.3 Å². The normalized spacial score (nSPS) is 18.1. The molecule has 3 aromatic rings. The maximum absolute atomic E-state index is 15.0. The Morgan fingerprint density at radius 1 is 1.35 bits per heavy atom. The van der Waals surface area contributed by atoms with Crippen LogP contribution in [0.15, 0.2) is 5.38 Å². The molecule has 4 rings (SSSR count). The summed E-state index contributed by atoms with van der Waals surface area (Å²) in [7, 11) is 1.72. The number of alkyl halides is 1. The molecule has 1 fully saturated rings. The summed E-state index contributed by atoms with van der Waals surface area (Å²) in [6, 6.07) is -0.743. The van der Waals surface area contributed by atoms with Crippen molar-refractivity contribution in [2.24, 2.45) is 0 Å². The van der Waals surface area contributed by atoms with Gasteiger partial charge in [-0.1, -0.05) is 34.5 Å². The first-order valence-corrected chi connectivity index (χ1v) is 12.4. The van der Waals surface area contributed by atoms with Gasteiger partial charge < -0.3 is 30.4 Å². The number of aromatic amines is 1. The Morgan fingerprint density at radius 2 is 2.12 bits per heavy atom. The maximum Gasteiger partial charge on any atom is 0.512 e. The number of hydrogen-bond donors (Lipinski definition) is 4. The number of anilines is 2. The van der Waals surface area contributed by atoms with Crippen LogP contribution in [0, 0.1) is 6.92 Å². The highest BCUT2D eigenvalue weighted by molar-refractivity contribution is 7.18. The Labute approximate surface area is 211 Å². The van der Waals surface area contributed by atoms with Crippen molar-refractivity contribution in [3.05, 3.63) is 26.8 Å². The Balaban J connectivity index is 1.48. The van der Waals surface area contributed by atoms with E-state index < -0.39 is 24.3 Å². The first-order chi connectivity index (χ1) is 16.2. The Hall–Kier alpha value is -2.61. The van der Waals surface area contributed by atoms with Crippen LogP contribution in [-0.2, 0) is 0 Å². The molecule has 2 atom stereocenters. The second-order valence-corrected chi connectivity index (χ2v) is 9.93. The van der Waals surface area contributed by atoms with Crippen molar-refractivity contribution in [3.8, 4) is 16.5 Å². The number of nitrogens with zero attached hydrogens (tertiary/aromatic N) is 3. The SMILES string of the molecule is CNc1nc(-c2nc(N3CC[C@@H](NC(=O)c4[nH]c(C)c(Cl)c4Cl)[C@@H](F)C3)sc2OC(=O)O)cs1. The quantitative estimate of drug-likeness (QED) is 0.327. The van der Waals surface area contributed by atoms with E-state index in [0.717, 1.165) is 11.3 Å². The first kappa shape index (κ1) is 24.5. The van der Waals surface area contributed by atoms with Crippen LogP contribution in [0.2, 0.25) is 10.0 Å². The van der Waals surface area contributed by atoms with E-state index in [4.69, 9.17) is 33.0 Å². The highest BCUT2D eigenvalue weighted by Crippen LogP contribution is 2.41. The number of carboxylic acid groups (broad SMARTS) is 1. The van der Waals surface area contributed by atoms with Crippen molar-refractivity contribution in [3.63, 3.8) is 0 Å². The van der Waals surface area contributed by atoms with Gasteiger partial charge in [0, 0.05) is 24.7 Å². The van der Waals surface area contributed by atoms with Crippen LogP contribution in [0.4, 0.5) is 19.4 Å². The van der Waals surface area contributed by atoms with Crippen LogP contribution >= 0.6 is 45.9 Å². The molecule has 0 aliphatic carbocycles. The monoisotopic (exact) mass is 548 g/mol. The second-order valence-electron chi connectivity index (χ2n) is 7.37. The van der Waals surface area contributed by atoms with Gasteiger partial charge in [0.15, 0.2) is 10.3 Å². The van der Waals surface area contributed by atoms with Crippen molar-refractivity contribution in [2.45, 2.75) is 25.6 Å². The number of hydrogen-bond acceptors (Lipinski definition) is 9. The molecule has 0 bridgehead atoms. The van der Waals surface area contributed by atoms with Crippen LogP contribution in [0.1, 0.15) is 22.6 Å². The third-order valence-corrected chi connectivity index (χ3v) is 7.94. The number of ether oxygens (including phenoxy) is 1. The zero-order chi connectivity index (χ0) is 24.6. The number of amides is 1. The van der Waals surface area contributed by atoms with Gasteiger partial charge in [0.25, 0.3) is 5.91 Å². The zero-order valence-electron chi connectivity index (χ0n) is 17.8. The molecule has 3 aromatic heterocycles. The zero-order valence-corrected chi connectivity index (χ0v) is 21.0. The number of thiazole rings is 2. The van der Waals surface area contributed by atoms with Crippen LogP contribution in [0.3, 0.4) is 0 Å². The molecule has 1 saturated heterocycles. The molecule has 4 N–H and O–H groups in total. The largest absolute Gasteiger partial charge is 0.512 e. The molecule has 1 amide bonds. The molecule has 34 heavy (non-hydrogen) atoms. The average Bonchev–Trinajstić information content (AvgIpc) is 3.49. The summed E-state index contributed by atoms with van der Waals surface area (Å²) in [5, 5.41) is 17.8. The predicted molar refractivity (Wildman–Crippen MR) is 130 cm³/mol. The van der Waals surface area contributed by atoms with E-state index in [1.807, 2.05) is 0 Å². The third kappa shape index (κ3) is 4.92. The predicted octanol–water partition coefficient (Wildman–Crippen LogP) is 4.66. The van der Waals surface area contributed by atoms with Crippen molar-refractivity contribution in [2.75, 3.05) is 30.4 Å². The van der Waals surface area contributed by atoms with E-state index in [1.54, 1.807) is 24.3 Å². The van der Waals surface area contributed by atoms with Crippen LogP contribution < -0.4 is 20.3 Å². The Bertz CT molecular complexity index is 1230. The highest BCUT2D eigenvalue weighted by Gasteiger charge is 2.34. The molecule has 0 radical (unpaired) electrons. The standard InChI is InChI=1S/C19H19Cl2FN6O4S2/c1-7-11(20)12(21)14(24-7)15(29)25-9-3-4-28(5-8(9)22)18-27-13(16(34-18)32-19(30)31)10-6-33-17(23-2)26-10/h6,8-9,24H,3-5H2,1-2H3,(H,23,26)(H,25,29)(H,30,31)/t8-,9+/m0/s1. The number of aryl methyl sites for hydroxylation is 1. The van der Waals surface area contributed by atoms with E-state index >= 15 is 4.39 Å². The highest BCUT2D eigenvalue weighted by atomic mass is 35.5. The molecule has 0 spiro atoms. The van der Waals surface area contributed by atoms with Crippen molar-refractivity contribution >= 4 is 68.2 Å². The fourth-order valence-corrected chi connectivity index (χ4v) is 5.48. The van der Waals surface area contributed by atoms with Gasteiger partial charge >= 0.3 is 6.16 Å². The molecule has 1 aliphatic rings. The van der Waals surface area contributed by atoms with E-state index in [0.29, 0.717) is 34.6 Å². The lowest BCUT2D eigenvalue weighted by Gasteiger charge is -2.34. The summed E-state index contributed by atoms with van der Waals surface area (Å²) in [5.41, 5.74) is 1.34. The molecule has 0 saturated carbocycles. The number of carbonyl (C=O) groups is 2. The molecule has 0 aromatic carbocycles. The fraction of sp³-hybridized carbons (Fsp3) is 0.368. The third-order valence-electron chi connectivity index (χ3n) is 5.13. The number of piperidine rings is 1. The summed E-state index contributed by atoms with van der Waals surface area (Å²) < 4.78 is 19.9. The number of rotatable bonds is 6. The number of nitrogens with one attached hydrogen (secondary N) is 3. The van der Waals surface area contributed by atoms with E-state index in [9.17, 15) is 9.59 Å². The Morgan fingerprint density at radius 3 is 2.71 bits per heavy atom. The van der Waals surface area contributed by atoms with Gasteiger partial charge in [-0.15, -0.1) is 11.3 Å². The average molecular weight is 549 g/mol. The molecule has 0 unspecified atom stereocenters. The van der Waals surface area contributed by atoms with Crippen LogP contribution in [0.5, 0.6) is 5.06 Å². The van der Waals surface area contributed by atoms with Gasteiger partial charge in [-0.2, -0.15) is 0 Å². The fourth-order valence-electron chi connectivity index (χ4n) is 3.45. The lowest BCUT2D eigenvalue weighted by molar-refractivity contribution is 0.0894. The van der Waals surface area contributed by atoms with Gasteiger partial charge in [0.2, 0.25) is 5.06 Å². The molecule has 10 nitrogen and oxygen atoms in total. The van der Waals surface area contributed by atoms with Gasteiger partial charge in [-0.3, -0.25) is 4.79 Å². The van der Waals surface area contributed by atoms with Crippen LogP contribution in [-0.4, -0.2) is 64.5 Å². The van der Waals surface area contributed by atoms with Crippen molar-refractivity contribution < 1.29 is 23.8 Å². The summed E-state index contributed by atoms with van der Waals surface area (Å²) in [5.74, 6) is -0.543. The second kappa shape index (κ2) is 9.94. The topological polar surface area (TPSA) is 132 Å². The molecular formula is C19H19Cl2FN6O4S2. The smallest absolute Gasteiger partial charge is 0.449 e. The first-order valence-electron chi connectivity index (χ1n) is 9.96. The summed E-state index contributed by atoms with van der Waals surface area (Å²) in [4.78, 5) is 37.0. The molecule has 182 valence electrons. The Kier molecular flexibility index (Phi) is 7.17. The molecule has 15 heteroatoms. The lowest BCUT2D eigenvalue weighted by atomic mass is 10.0. The van der Waals surface area contributed by atoms with Gasteiger partial charge in [0.05, 0.1) is 22.6 Å². The minimum atomic E-state index is -1.48. The van der Waals surface area contributed by atoms with E-state index in [-0.39, 0.29) is 33.0 Å². The number of halogens is 3. The lowest BCUT2D eigenvalue weighted by Crippen LogP contribution is -2.52. The van der Waals surface area contributed by atoms with Crippen molar-refractivity contribution in [1.82, 2.24) is 20.3 Å². The minimum Gasteiger partial charge on any atom is -0.449 e.